The zero-order valence-electron chi connectivity index (χ0n) is 18.1. The third-order valence-electron chi connectivity index (χ3n) is 4.50. The number of nitrogens with one attached hydrogen (secondary N) is 1. The number of carbonyl (C=O) groups excluding carboxylic acids is 3. The lowest BCUT2D eigenvalue weighted by Gasteiger charge is -2.37. The molecule has 1 aliphatic rings. The molecule has 0 unspecified atom stereocenters. The number of anilines is 1. The van der Waals surface area contributed by atoms with Gasteiger partial charge in [0.25, 0.3) is 5.91 Å². The summed E-state index contributed by atoms with van der Waals surface area (Å²) in [6, 6.07) is -1.86. The van der Waals surface area contributed by atoms with Gasteiger partial charge in [-0.05, 0) is 18.8 Å². The summed E-state index contributed by atoms with van der Waals surface area (Å²) in [4.78, 5) is 40.8. The average molecular weight is 517 g/mol. The van der Waals surface area contributed by atoms with Crippen LogP contribution in [0.3, 0.4) is 0 Å². The van der Waals surface area contributed by atoms with Crippen LogP contribution in [-0.2, 0) is 25.4 Å². The van der Waals surface area contributed by atoms with Crippen LogP contribution >= 0.6 is 11.3 Å². The van der Waals surface area contributed by atoms with Crippen molar-refractivity contribution >= 4 is 34.3 Å². The van der Waals surface area contributed by atoms with Crippen LogP contribution in [-0.4, -0.2) is 64.9 Å². The Morgan fingerprint density at radius 1 is 1.24 bits per heavy atom. The number of alkyl halides is 6. The third-order valence-corrected chi connectivity index (χ3v) is 5.55. The highest BCUT2D eigenvalue weighted by atomic mass is 32.1. The van der Waals surface area contributed by atoms with Gasteiger partial charge in [0.15, 0.2) is 0 Å². The maximum atomic E-state index is 12.7. The molecule has 0 saturated carbocycles. The second-order valence-corrected chi connectivity index (χ2v) is 8.67. The van der Waals surface area contributed by atoms with Crippen LogP contribution in [0.5, 0.6) is 0 Å². The molecule has 34 heavy (non-hydrogen) atoms. The van der Waals surface area contributed by atoms with Gasteiger partial charge < -0.3 is 10.2 Å². The van der Waals surface area contributed by atoms with Crippen molar-refractivity contribution in [2.45, 2.75) is 51.1 Å². The van der Waals surface area contributed by atoms with Crippen LogP contribution in [0.1, 0.15) is 31.7 Å². The summed E-state index contributed by atoms with van der Waals surface area (Å²) in [5, 5.41) is 8.02. The number of hydrogen-bond acceptors (Lipinski definition) is 8. The van der Waals surface area contributed by atoms with Gasteiger partial charge in [-0.2, -0.15) is 26.3 Å². The molecule has 2 heterocycles. The lowest BCUT2D eigenvalue weighted by atomic mass is 10.0. The molecule has 16 heteroatoms. The average Bonchev–Trinajstić information content (AvgIpc) is 3.17. The molecule has 1 saturated heterocycles. The van der Waals surface area contributed by atoms with Crippen LogP contribution in [0.2, 0.25) is 0 Å². The predicted octanol–water partition coefficient (Wildman–Crippen LogP) is 2.70. The van der Waals surface area contributed by atoms with E-state index in [1.54, 1.807) is 0 Å². The standard InChI is InChI=1S/C18H21F6N5O4S/c1-9(2)8-10(25-13(31)11-6-7-29(11)33-15(32)18(22,23)24)4-5-12(30)28(3)16-27-26-14(34-16)17(19,20)21/h4-5,9-11H,6-8H2,1-3H3,(H,25,31)/b5-4+/t10-,11+/m1/s1. The molecule has 0 aromatic carbocycles. The molecule has 2 atom stereocenters. The van der Waals surface area contributed by atoms with Crippen molar-refractivity contribution in [1.29, 1.82) is 0 Å². The number of rotatable bonds is 8. The van der Waals surface area contributed by atoms with E-state index in [0.717, 1.165) is 11.0 Å². The molecule has 0 bridgehead atoms. The van der Waals surface area contributed by atoms with Crippen molar-refractivity contribution in [3.05, 3.63) is 17.2 Å². The Morgan fingerprint density at radius 3 is 2.35 bits per heavy atom. The van der Waals surface area contributed by atoms with Crippen molar-refractivity contribution in [2.75, 3.05) is 18.5 Å². The summed E-state index contributed by atoms with van der Waals surface area (Å²) in [6.45, 7) is 3.58. The first-order chi connectivity index (χ1) is 15.6. The summed E-state index contributed by atoms with van der Waals surface area (Å²) < 4.78 is 75.1. The fourth-order valence-electron chi connectivity index (χ4n) is 2.74. The normalized spacial score (nSPS) is 18.0. The maximum absolute atomic E-state index is 12.7. The molecule has 0 aliphatic carbocycles. The fourth-order valence-corrected chi connectivity index (χ4v) is 3.41. The quantitative estimate of drug-likeness (QED) is 0.418. The topological polar surface area (TPSA) is 105 Å². The fraction of sp³-hybridized carbons (Fsp3) is 0.611. The number of carbonyl (C=O) groups is 3. The van der Waals surface area contributed by atoms with Gasteiger partial charge in [0.2, 0.25) is 16.0 Å². The number of hydrogen-bond donors (Lipinski definition) is 1. The smallest absolute Gasteiger partial charge is 0.360 e. The predicted molar refractivity (Wildman–Crippen MR) is 106 cm³/mol. The van der Waals surface area contributed by atoms with Gasteiger partial charge in [0.05, 0.1) is 0 Å². The highest BCUT2D eigenvalue weighted by Gasteiger charge is 2.46. The summed E-state index contributed by atoms with van der Waals surface area (Å²) in [6.07, 6.45) is -7.08. The second-order valence-electron chi connectivity index (χ2n) is 7.71. The number of likely N-dealkylation sites (N-methyl/N-ethyl adjacent to an activating group) is 1. The molecule has 1 aliphatic heterocycles. The number of nitrogens with zero attached hydrogens (tertiary/aromatic N) is 4. The molecule has 2 amide bonds. The molecule has 1 fully saturated rings. The number of aromatic nitrogens is 2. The van der Waals surface area contributed by atoms with Crippen molar-refractivity contribution in [3.8, 4) is 0 Å². The molecule has 1 N–H and O–H groups in total. The first kappa shape index (κ1) is 27.5. The molecular weight excluding hydrogens is 496 g/mol. The van der Waals surface area contributed by atoms with E-state index < -0.39 is 47.2 Å². The summed E-state index contributed by atoms with van der Waals surface area (Å²) in [5.41, 5.74) is 0. The van der Waals surface area contributed by atoms with Gasteiger partial charge in [-0.3, -0.25) is 14.5 Å². The van der Waals surface area contributed by atoms with Crippen molar-refractivity contribution in [2.24, 2.45) is 5.92 Å². The van der Waals surface area contributed by atoms with Gasteiger partial charge in [0.1, 0.15) is 6.04 Å². The largest absolute Gasteiger partial charge is 0.492 e. The van der Waals surface area contributed by atoms with Crippen LogP contribution in [0.15, 0.2) is 12.2 Å². The minimum Gasteiger partial charge on any atom is -0.360 e. The van der Waals surface area contributed by atoms with E-state index in [1.165, 1.54) is 13.1 Å². The van der Waals surface area contributed by atoms with Gasteiger partial charge in [0, 0.05) is 25.7 Å². The van der Waals surface area contributed by atoms with E-state index in [1.807, 2.05) is 13.8 Å². The lowest BCUT2D eigenvalue weighted by Crippen LogP contribution is -2.58. The zero-order valence-corrected chi connectivity index (χ0v) is 18.9. The van der Waals surface area contributed by atoms with Crippen LogP contribution in [0, 0.1) is 5.92 Å². The minimum absolute atomic E-state index is 0.0286. The van der Waals surface area contributed by atoms with Crippen LogP contribution in [0.25, 0.3) is 0 Å². The van der Waals surface area contributed by atoms with Crippen molar-refractivity contribution < 1.29 is 45.6 Å². The van der Waals surface area contributed by atoms with Gasteiger partial charge in [-0.25, -0.2) is 4.79 Å². The Morgan fingerprint density at radius 2 is 1.88 bits per heavy atom. The Bertz CT molecular complexity index is 933. The third kappa shape index (κ3) is 7.38. The summed E-state index contributed by atoms with van der Waals surface area (Å²) in [5.74, 6) is -3.86. The molecule has 1 aromatic rings. The van der Waals surface area contributed by atoms with E-state index in [2.05, 4.69) is 20.4 Å². The maximum Gasteiger partial charge on any atom is 0.492 e. The molecule has 9 nitrogen and oxygen atoms in total. The van der Waals surface area contributed by atoms with E-state index in [-0.39, 0.29) is 35.4 Å². The molecule has 2 rings (SSSR count). The molecule has 0 radical (unpaired) electrons. The second kappa shape index (κ2) is 10.7. The SMILES string of the molecule is CC(C)C[C@@H](/C=C/C(=O)N(C)c1nnc(C(F)(F)F)s1)NC(=O)[C@@H]1CCN1OC(=O)C(F)(F)F. The Labute approximate surface area is 193 Å². The highest BCUT2D eigenvalue weighted by molar-refractivity contribution is 7.15. The van der Waals surface area contributed by atoms with Gasteiger partial charge >= 0.3 is 18.3 Å². The Hall–Kier alpha value is -2.75. The van der Waals surface area contributed by atoms with E-state index >= 15 is 0 Å². The lowest BCUT2D eigenvalue weighted by molar-refractivity contribution is -0.261. The Balaban J connectivity index is 2.02. The molecule has 1 aromatic heterocycles. The molecule has 0 spiro atoms. The summed E-state index contributed by atoms with van der Waals surface area (Å²) in [7, 11) is 1.20. The Kier molecular flexibility index (Phi) is 8.63. The van der Waals surface area contributed by atoms with E-state index in [0.29, 0.717) is 11.5 Å². The number of amides is 2. The first-order valence-corrected chi connectivity index (χ1v) is 10.6. The minimum atomic E-state index is -5.21. The monoisotopic (exact) mass is 517 g/mol. The van der Waals surface area contributed by atoms with E-state index in [9.17, 15) is 40.7 Å². The number of hydroxylamine groups is 2. The highest BCUT2D eigenvalue weighted by Crippen LogP contribution is 2.34. The number of halogens is 6. The van der Waals surface area contributed by atoms with E-state index in [4.69, 9.17) is 0 Å². The van der Waals surface area contributed by atoms with Crippen molar-refractivity contribution in [3.63, 3.8) is 0 Å². The zero-order chi connectivity index (χ0) is 25.8. The van der Waals surface area contributed by atoms with Crippen LogP contribution < -0.4 is 10.2 Å². The van der Waals surface area contributed by atoms with Gasteiger partial charge in [-0.1, -0.05) is 31.3 Å². The van der Waals surface area contributed by atoms with Crippen molar-refractivity contribution in [1.82, 2.24) is 20.6 Å². The molecular formula is C18H21F6N5O4S. The first-order valence-electron chi connectivity index (χ1n) is 9.82. The molecule has 190 valence electrons. The summed E-state index contributed by atoms with van der Waals surface area (Å²) >= 11 is 0.180. The van der Waals surface area contributed by atoms with Crippen LogP contribution in [0.4, 0.5) is 31.5 Å². The van der Waals surface area contributed by atoms with Gasteiger partial charge in [-0.15, -0.1) is 15.3 Å².